The van der Waals surface area contributed by atoms with Crippen molar-refractivity contribution in [2.24, 2.45) is 0 Å². The van der Waals surface area contributed by atoms with Gasteiger partial charge in [0.25, 0.3) is 11.1 Å². The Hall–Kier alpha value is -2.33. The molecule has 0 saturated heterocycles. The summed E-state index contributed by atoms with van der Waals surface area (Å²) in [6.07, 6.45) is 0. The molecule has 0 N–H and O–H groups in total. The van der Waals surface area contributed by atoms with Gasteiger partial charge in [-0.2, -0.15) is 5.26 Å². The summed E-state index contributed by atoms with van der Waals surface area (Å²) in [6, 6.07) is 17.5. The van der Waals surface area contributed by atoms with E-state index in [0.717, 1.165) is 20.5 Å². The molecule has 0 amide bonds. The summed E-state index contributed by atoms with van der Waals surface area (Å²) in [5, 5.41) is 19.3. The van der Waals surface area contributed by atoms with E-state index in [2.05, 4.69) is 16.3 Å². The third-order valence-electron chi connectivity index (χ3n) is 3.55. The molecule has 0 fully saturated rings. The molecule has 4 nitrogen and oxygen atoms in total. The monoisotopic (exact) mass is 383 g/mol. The number of benzene rings is 2. The van der Waals surface area contributed by atoms with E-state index >= 15 is 0 Å². The van der Waals surface area contributed by atoms with Crippen LogP contribution in [0, 0.1) is 11.3 Å². The minimum absolute atomic E-state index is 0.430. The van der Waals surface area contributed by atoms with Crippen LogP contribution < -0.4 is 0 Å². The summed E-state index contributed by atoms with van der Waals surface area (Å²) >= 11 is 9.42. The van der Waals surface area contributed by atoms with Crippen LogP contribution in [0.1, 0.15) is 11.1 Å². The largest absolute Gasteiger partial charge is 0.410 e. The van der Waals surface area contributed by atoms with Crippen molar-refractivity contribution in [2.45, 2.75) is 11.0 Å². The van der Waals surface area contributed by atoms with Gasteiger partial charge in [0, 0.05) is 15.8 Å². The predicted molar refractivity (Wildman–Crippen MR) is 101 cm³/mol. The van der Waals surface area contributed by atoms with Crippen LogP contribution in [0.5, 0.6) is 0 Å². The molecule has 0 atom stereocenters. The number of nitriles is 1. The van der Waals surface area contributed by atoms with Crippen molar-refractivity contribution in [1.29, 1.82) is 5.26 Å². The van der Waals surface area contributed by atoms with E-state index in [1.54, 1.807) is 6.07 Å². The van der Waals surface area contributed by atoms with Crippen molar-refractivity contribution < 1.29 is 4.42 Å². The van der Waals surface area contributed by atoms with E-state index in [0.29, 0.717) is 27.5 Å². The lowest BCUT2D eigenvalue weighted by Gasteiger charge is -1.98. The Bertz CT molecular complexity index is 1100. The maximum absolute atomic E-state index is 8.95. The average molecular weight is 384 g/mol. The second-order valence-electron chi connectivity index (χ2n) is 5.22. The molecule has 0 bridgehead atoms. The van der Waals surface area contributed by atoms with Crippen LogP contribution >= 0.6 is 34.7 Å². The molecule has 25 heavy (non-hydrogen) atoms. The molecular weight excluding hydrogens is 374 g/mol. The smallest absolute Gasteiger partial charge is 0.277 e. The normalized spacial score (nSPS) is 10.9. The van der Waals surface area contributed by atoms with Gasteiger partial charge in [-0.05, 0) is 23.8 Å². The molecular formula is C18H10ClN3OS2. The number of aromatic nitrogens is 2. The lowest BCUT2D eigenvalue weighted by Crippen LogP contribution is -1.82. The van der Waals surface area contributed by atoms with Gasteiger partial charge in [0.2, 0.25) is 0 Å². The zero-order valence-corrected chi connectivity index (χ0v) is 15.2. The summed E-state index contributed by atoms with van der Waals surface area (Å²) in [4.78, 5) is 0.786. The van der Waals surface area contributed by atoms with E-state index in [-0.39, 0.29) is 0 Å². The van der Waals surface area contributed by atoms with Gasteiger partial charge < -0.3 is 4.42 Å². The highest BCUT2D eigenvalue weighted by Gasteiger charge is 2.17. The van der Waals surface area contributed by atoms with E-state index in [1.807, 2.05) is 42.5 Å². The number of nitrogens with zero attached hydrogens (tertiary/aromatic N) is 3. The van der Waals surface area contributed by atoms with Crippen LogP contribution in [-0.4, -0.2) is 10.2 Å². The molecule has 2 aromatic carbocycles. The Morgan fingerprint density at radius 2 is 2.04 bits per heavy atom. The number of rotatable bonds is 4. The van der Waals surface area contributed by atoms with Gasteiger partial charge in [0.15, 0.2) is 0 Å². The maximum atomic E-state index is 8.95. The highest BCUT2D eigenvalue weighted by atomic mass is 35.5. The summed E-state index contributed by atoms with van der Waals surface area (Å²) in [7, 11) is 0. The maximum Gasteiger partial charge on any atom is 0.277 e. The number of thiophene rings is 1. The van der Waals surface area contributed by atoms with Crippen LogP contribution in [0.3, 0.4) is 0 Å². The third-order valence-corrected chi connectivity index (χ3v) is 6.11. The van der Waals surface area contributed by atoms with Crippen LogP contribution in [0.25, 0.3) is 20.9 Å². The zero-order valence-electron chi connectivity index (χ0n) is 12.8. The molecule has 4 rings (SSSR count). The first-order chi connectivity index (χ1) is 12.2. The van der Waals surface area contributed by atoms with Gasteiger partial charge in [-0.3, -0.25) is 0 Å². The number of fused-ring (bicyclic) bond motifs is 1. The van der Waals surface area contributed by atoms with Crippen LogP contribution in [0.2, 0.25) is 5.02 Å². The van der Waals surface area contributed by atoms with Gasteiger partial charge in [0.05, 0.1) is 16.7 Å². The van der Waals surface area contributed by atoms with Crippen molar-refractivity contribution in [3.05, 3.63) is 64.7 Å². The Labute approximate surface area is 157 Å². The minimum Gasteiger partial charge on any atom is -0.410 e. The van der Waals surface area contributed by atoms with E-state index < -0.39 is 0 Å². The average Bonchev–Trinajstić information content (AvgIpc) is 3.25. The Kier molecular flexibility index (Phi) is 4.45. The minimum atomic E-state index is 0.430. The highest BCUT2D eigenvalue weighted by molar-refractivity contribution is 7.98. The second-order valence-corrected chi connectivity index (χ2v) is 7.57. The van der Waals surface area contributed by atoms with E-state index in [4.69, 9.17) is 21.3 Å². The van der Waals surface area contributed by atoms with Crippen molar-refractivity contribution >= 4 is 44.8 Å². The molecule has 0 spiro atoms. The van der Waals surface area contributed by atoms with E-state index in [9.17, 15) is 0 Å². The van der Waals surface area contributed by atoms with Gasteiger partial charge >= 0.3 is 0 Å². The first kappa shape index (κ1) is 16.2. The van der Waals surface area contributed by atoms with Crippen LogP contribution in [-0.2, 0) is 5.75 Å². The molecule has 2 aromatic heterocycles. The number of hydrogen-bond donors (Lipinski definition) is 0. The van der Waals surface area contributed by atoms with Crippen molar-refractivity contribution in [1.82, 2.24) is 10.2 Å². The van der Waals surface area contributed by atoms with Gasteiger partial charge in [-0.15, -0.1) is 21.5 Å². The molecule has 0 aliphatic carbocycles. The van der Waals surface area contributed by atoms with Gasteiger partial charge in [0.1, 0.15) is 4.88 Å². The standard InChI is InChI=1S/C18H10ClN3OS2/c19-15-13-6-1-2-7-14(13)25-16(15)17-21-22-18(23-17)24-10-12-5-3-4-11(8-12)9-20/h1-8H,10H2. The summed E-state index contributed by atoms with van der Waals surface area (Å²) < 4.78 is 6.85. The fourth-order valence-corrected chi connectivity index (χ4v) is 4.53. The molecule has 0 saturated carbocycles. The first-order valence-corrected chi connectivity index (χ1v) is 9.55. The molecule has 7 heteroatoms. The third kappa shape index (κ3) is 3.27. The fraction of sp³-hybridized carbons (Fsp3) is 0.0556. The number of thioether (sulfide) groups is 1. The summed E-state index contributed by atoms with van der Waals surface area (Å²) in [5.74, 6) is 1.08. The molecule has 4 aromatic rings. The summed E-state index contributed by atoms with van der Waals surface area (Å²) in [6.45, 7) is 0. The Morgan fingerprint density at radius 1 is 1.16 bits per heavy atom. The van der Waals surface area contributed by atoms with Crippen molar-refractivity contribution in [3.8, 4) is 16.8 Å². The number of halogens is 1. The van der Waals surface area contributed by atoms with E-state index in [1.165, 1.54) is 23.1 Å². The SMILES string of the molecule is N#Cc1cccc(CSc2nnc(-c3sc4ccccc4c3Cl)o2)c1. The Balaban J connectivity index is 1.55. The topological polar surface area (TPSA) is 62.7 Å². The fourth-order valence-electron chi connectivity index (χ4n) is 2.39. The quantitative estimate of drug-likeness (QED) is 0.418. The zero-order chi connectivity index (χ0) is 17.2. The molecule has 0 radical (unpaired) electrons. The lowest BCUT2D eigenvalue weighted by atomic mass is 10.2. The summed E-state index contributed by atoms with van der Waals surface area (Å²) in [5.41, 5.74) is 1.67. The molecule has 122 valence electrons. The predicted octanol–water partition coefficient (Wildman–Crippen LogP) is 5.77. The van der Waals surface area contributed by atoms with Crippen molar-refractivity contribution in [2.75, 3.05) is 0 Å². The van der Waals surface area contributed by atoms with Crippen LogP contribution in [0.4, 0.5) is 0 Å². The molecule has 2 heterocycles. The molecule has 0 unspecified atom stereocenters. The van der Waals surface area contributed by atoms with Crippen molar-refractivity contribution in [3.63, 3.8) is 0 Å². The van der Waals surface area contributed by atoms with Gasteiger partial charge in [-0.25, -0.2) is 0 Å². The van der Waals surface area contributed by atoms with Crippen LogP contribution in [0.15, 0.2) is 58.2 Å². The lowest BCUT2D eigenvalue weighted by molar-refractivity contribution is 0.467. The number of hydrogen-bond acceptors (Lipinski definition) is 6. The molecule has 0 aliphatic heterocycles. The first-order valence-electron chi connectivity index (χ1n) is 7.37. The molecule has 0 aliphatic rings. The van der Waals surface area contributed by atoms with Gasteiger partial charge in [-0.1, -0.05) is 53.7 Å². The highest BCUT2D eigenvalue weighted by Crippen LogP contribution is 2.41. The Morgan fingerprint density at radius 3 is 2.88 bits per heavy atom. The second kappa shape index (κ2) is 6.89.